The molecule has 0 saturated carbocycles. The third kappa shape index (κ3) is 4.49. The van der Waals surface area contributed by atoms with Crippen molar-refractivity contribution in [3.8, 4) is 11.8 Å². The fourth-order valence-corrected chi connectivity index (χ4v) is 2.07. The highest BCUT2D eigenvalue weighted by Gasteiger charge is 2.27. The van der Waals surface area contributed by atoms with Gasteiger partial charge in [-0.2, -0.15) is 18.4 Å². The van der Waals surface area contributed by atoms with Gasteiger partial charge >= 0.3 is 6.18 Å². The monoisotopic (exact) mass is 275 g/mol. The second-order valence-corrected chi connectivity index (χ2v) is 4.69. The average Bonchev–Trinajstić information content (AvgIpc) is 2.28. The predicted molar refractivity (Wildman–Crippen MR) is 63.7 cm³/mol. The van der Waals surface area contributed by atoms with Crippen LogP contribution in [-0.2, 0) is 0 Å². The molecule has 1 rings (SSSR count). The van der Waals surface area contributed by atoms with Gasteiger partial charge in [0.25, 0.3) is 0 Å². The van der Waals surface area contributed by atoms with E-state index in [0.29, 0.717) is 5.56 Å². The molecule has 0 aliphatic carbocycles. The molecule has 1 aromatic rings. The van der Waals surface area contributed by atoms with Crippen LogP contribution in [0.1, 0.15) is 18.9 Å². The van der Waals surface area contributed by atoms with Gasteiger partial charge in [-0.3, -0.25) is 0 Å². The molecule has 0 aromatic heterocycles. The molecule has 6 heteroatoms. The number of nitriles is 1. The van der Waals surface area contributed by atoms with Crippen LogP contribution in [0.15, 0.2) is 23.1 Å². The third-order valence-electron chi connectivity index (χ3n) is 2.04. The zero-order chi connectivity index (χ0) is 13.6. The Labute approximate surface area is 108 Å². The minimum Gasteiger partial charge on any atom is -0.492 e. The lowest BCUT2D eigenvalue weighted by molar-refractivity contribution is -0.139. The van der Waals surface area contributed by atoms with E-state index in [1.165, 1.54) is 17.8 Å². The molecule has 0 unspecified atom stereocenters. The first-order valence-corrected chi connectivity index (χ1v) is 6.32. The van der Waals surface area contributed by atoms with Crippen LogP contribution in [-0.4, -0.2) is 18.5 Å². The zero-order valence-electron chi connectivity index (χ0n) is 9.75. The van der Waals surface area contributed by atoms with Crippen molar-refractivity contribution in [3.05, 3.63) is 23.8 Å². The van der Waals surface area contributed by atoms with Crippen molar-refractivity contribution in [1.29, 1.82) is 5.26 Å². The molecule has 0 N–H and O–H groups in total. The summed E-state index contributed by atoms with van der Waals surface area (Å²) >= 11 is 1.45. The van der Waals surface area contributed by atoms with E-state index in [0.717, 1.165) is 10.6 Å². The highest BCUT2D eigenvalue weighted by Crippen LogP contribution is 2.30. The van der Waals surface area contributed by atoms with Gasteiger partial charge in [-0.1, -0.05) is 13.0 Å². The van der Waals surface area contributed by atoms with Crippen LogP contribution < -0.4 is 4.74 Å². The third-order valence-corrected chi connectivity index (χ3v) is 2.98. The lowest BCUT2D eigenvalue weighted by Crippen LogP contribution is -2.13. The van der Waals surface area contributed by atoms with E-state index >= 15 is 0 Å². The SMILES string of the molecule is CCSc1cccc(OCCC(F)(F)F)c1C#N. The molecule has 98 valence electrons. The topological polar surface area (TPSA) is 33.0 Å². The van der Waals surface area contributed by atoms with E-state index in [-0.39, 0.29) is 5.75 Å². The summed E-state index contributed by atoms with van der Waals surface area (Å²) in [5.41, 5.74) is 0.298. The van der Waals surface area contributed by atoms with Crippen molar-refractivity contribution in [2.45, 2.75) is 24.4 Å². The molecule has 1 aromatic carbocycles. The Morgan fingerprint density at radius 2 is 2.11 bits per heavy atom. The first-order valence-electron chi connectivity index (χ1n) is 5.33. The Kier molecular flexibility index (Phi) is 5.35. The van der Waals surface area contributed by atoms with E-state index in [9.17, 15) is 13.2 Å². The molecule has 0 atom stereocenters. The van der Waals surface area contributed by atoms with Crippen molar-refractivity contribution in [3.63, 3.8) is 0 Å². The number of halogens is 3. The van der Waals surface area contributed by atoms with Crippen molar-refractivity contribution < 1.29 is 17.9 Å². The Morgan fingerprint density at radius 3 is 2.67 bits per heavy atom. The summed E-state index contributed by atoms with van der Waals surface area (Å²) in [6.45, 7) is 1.46. The van der Waals surface area contributed by atoms with E-state index in [4.69, 9.17) is 10.00 Å². The molecule has 0 aliphatic rings. The molecule has 2 nitrogen and oxygen atoms in total. The van der Waals surface area contributed by atoms with Gasteiger partial charge in [0.1, 0.15) is 17.4 Å². The molecule has 0 saturated heterocycles. The molecular weight excluding hydrogens is 263 g/mol. The minimum absolute atomic E-state index is 0.209. The first kappa shape index (κ1) is 14.7. The number of alkyl halides is 3. The standard InChI is InChI=1S/C12H12F3NOS/c1-2-18-11-5-3-4-10(9(11)8-16)17-7-6-12(13,14)15/h3-5H,2,6-7H2,1H3. The summed E-state index contributed by atoms with van der Waals surface area (Å²) in [6.07, 6.45) is -5.27. The van der Waals surface area contributed by atoms with Crippen LogP contribution in [0.3, 0.4) is 0 Å². The van der Waals surface area contributed by atoms with Crippen LogP contribution in [0.25, 0.3) is 0 Å². The Morgan fingerprint density at radius 1 is 1.39 bits per heavy atom. The number of nitrogens with zero attached hydrogens (tertiary/aromatic N) is 1. The van der Waals surface area contributed by atoms with Crippen LogP contribution in [0.2, 0.25) is 0 Å². The fourth-order valence-electron chi connectivity index (χ4n) is 1.29. The van der Waals surface area contributed by atoms with Crippen LogP contribution in [0, 0.1) is 11.3 Å². The number of ether oxygens (including phenoxy) is 1. The first-order chi connectivity index (χ1) is 8.48. The second-order valence-electron chi connectivity index (χ2n) is 3.39. The summed E-state index contributed by atoms with van der Waals surface area (Å²) < 4.78 is 41.0. The molecule has 0 amide bonds. The van der Waals surface area contributed by atoms with Gasteiger partial charge in [-0.15, -0.1) is 11.8 Å². The maximum atomic E-state index is 12.0. The quantitative estimate of drug-likeness (QED) is 0.761. The predicted octanol–water partition coefficient (Wildman–Crippen LogP) is 4.00. The zero-order valence-corrected chi connectivity index (χ0v) is 10.6. The van der Waals surface area contributed by atoms with Gasteiger partial charge in [0.15, 0.2) is 0 Å². The minimum atomic E-state index is -4.25. The normalized spacial score (nSPS) is 11.1. The van der Waals surface area contributed by atoms with E-state index in [1.807, 2.05) is 13.0 Å². The summed E-state index contributed by atoms with van der Waals surface area (Å²) in [5, 5.41) is 9.02. The van der Waals surface area contributed by atoms with Crippen LogP contribution in [0.4, 0.5) is 13.2 Å². The lowest BCUT2D eigenvalue weighted by atomic mass is 10.2. The molecular formula is C12H12F3NOS. The van der Waals surface area contributed by atoms with Gasteiger partial charge in [-0.05, 0) is 17.9 Å². The maximum absolute atomic E-state index is 12.0. The van der Waals surface area contributed by atoms with Crippen molar-refractivity contribution >= 4 is 11.8 Å². The van der Waals surface area contributed by atoms with Crippen molar-refractivity contribution in [1.82, 2.24) is 0 Å². The van der Waals surface area contributed by atoms with E-state index in [2.05, 4.69) is 0 Å². The Bertz CT molecular complexity index is 440. The molecule has 18 heavy (non-hydrogen) atoms. The van der Waals surface area contributed by atoms with Gasteiger partial charge in [0.05, 0.1) is 13.0 Å². The highest BCUT2D eigenvalue weighted by atomic mass is 32.2. The second kappa shape index (κ2) is 6.55. The fraction of sp³-hybridized carbons (Fsp3) is 0.417. The smallest absolute Gasteiger partial charge is 0.392 e. The summed E-state index contributed by atoms with van der Waals surface area (Å²) in [4.78, 5) is 0.726. The van der Waals surface area contributed by atoms with Crippen molar-refractivity contribution in [2.75, 3.05) is 12.4 Å². The number of hydrogen-bond donors (Lipinski definition) is 0. The van der Waals surface area contributed by atoms with Gasteiger partial charge in [-0.25, -0.2) is 0 Å². The molecule has 0 heterocycles. The Balaban J connectivity index is 2.77. The van der Waals surface area contributed by atoms with Gasteiger partial charge < -0.3 is 4.74 Å². The molecule has 0 fully saturated rings. The maximum Gasteiger partial charge on any atom is 0.392 e. The van der Waals surface area contributed by atoms with E-state index in [1.54, 1.807) is 12.1 Å². The van der Waals surface area contributed by atoms with Crippen molar-refractivity contribution in [2.24, 2.45) is 0 Å². The van der Waals surface area contributed by atoms with Gasteiger partial charge in [0.2, 0.25) is 0 Å². The number of rotatable bonds is 5. The average molecular weight is 275 g/mol. The molecule has 0 aliphatic heterocycles. The van der Waals surface area contributed by atoms with Crippen LogP contribution in [0.5, 0.6) is 5.75 Å². The molecule has 0 bridgehead atoms. The van der Waals surface area contributed by atoms with E-state index < -0.39 is 19.2 Å². The largest absolute Gasteiger partial charge is 0.492 e. The molecule has 0 radical (unpaired) electrons. The number of hydrogen-bond acceptors (Lipinski definition) is 3. The molecule has 0 spiro atoms. The summed E-state index contributed by atoms with van der Waals surface area (Å²) in [6, 6.07) is 6.90. The summed E-state index contributed by atoms with van der Waals surface area (Å²) in [5.74, 6) is 0.987. The summed E-state index contributed by atoms with van der Waals surface area (Å²) in [7, 11) is 0. The van der Waals surface area contributed by atoms with Gasteiger partial charge in [0, 0.05) is 4.90 Å². The Hall–Kier alpha value is -1.35. The number of benzene rings is 1. The van der Waals surface area contributed by atoms with Crippen LogP contribution >= 0.6 is 11.8 Å². The number of thioether (sulfide) groups is 1. The lowest BCUT2D eigenvalue weighted by Gasteiger charge is -2.11. The highest BCUT2D eigenvalue weighted by molar-refractivity contribution is 7.99.